The van der Waals surface area contributed by atoms with E-state index in [0.717, 1.165) is 25.9 Å². The third kappa shape index (κ3) is 2.65. The summed E-state index contributed by atoms with van der Waals surface area (Å²) in [6, 6.07) is 7.04. The maximum Gasteiger partial charge on any atom is 0.406 e. The molecule has 0 spiro atoms. The second-order valence-corrected chi connectivity index (χ2v) is 5.18. The summed E-state index contributed by atoms with van der Waals surface area (Å²) < 4.78 is 39.8. The maximum absolute atomic E-state index is 12.8. The molecule has 0 bridgehead atoms. The van der Waals surface area contributed by atoms with Crippen molar-refractivity contribution in [2.24, 2.45) is 0 Å². The summed E-state index contributed by atoms with van der Waals surface area (Å²) >= 11 is 0. The van der Waals surface area contributed by atoms with Gasteiger partial charge in [0.2, 0.25) is 0 Å². The number of hydrogen-bond donors (Lipinski definition) is 1. The number of imidazole rings is 1. The quantitative estimate of drug-likeness (QED) is 0.918. The highest BCUT2D eigenvalue weighted by molar-refractivity contribution is 5.76. The van der Waals surface area contributed by atoms with E-state index < -0.39 is 12.7 Å². The van der Waals surface area contributed by atoms with E-state index in [1.165, 1.54) is 4.57 Å². The molecule has 0 unspecified atom stereocenters. The Bertz CT molecular complexity index is 597. The summed E-state index contributed by atoms with van der Waals surface area (Å²) in [5.41, 5.74) is 1.21. The maximum atomic E-state index is 12.8. The molecule has 0 amide bonds. The molecule has 1 aliphatic rings. The summed E-state index contributed by atoms with van der Waals surface area (Å²) in [6.07, 6.45) is -2.56. The molecule has 1 saturated heterocycles. The Balaban J connectivity index is 2.06. The summed E-state index contributed by atoms with van der Waals surface area (Å²) in [6.45, 7) is 0.701. The van der Waals surface area contributed by atoms with Gasteiger partial charge in [-0.2, -0.15) is 13.2 Å². The first-order valence-electron chi connectivity index (χ1n) is 6.77. The molecular weight excluding hydrogens is 267 g/mol. The first-order valence-corrected chi connectivity index (χ1v) is 6.77. The van der Waals surface area contributed by atoms with Crippen LogP contribution in [0.5, 0.6) is 0 Å². The molecule has 1 N–H and O–H groups in total. The van der Waals surface area contributed by atoms with E-state index in [9.17, 15) is 13.2 Å². The van der Waals surface area contributed by atoms with Gasteiger partial charge in [-0.25, -0.2) is 4.98 Å². The van der Waals surface area contributed by atoms with Gasteiger partial charge < -0.3 is 9.88 Å². The van der Waals surface area contributed by atoms with Crippen LogP contribution in [-0.2, 0) is 6.54 Å². The van der Waals surface area contributed by atoms with Crippen molar-refractivity contribution in [2.75, 3.05) is 13.1 Å². The molecule has 2 aromatic rings. The van der Waals surface area contributed by atoms with Crippen LogP contribution >= 0.6 is 0 Å². The minimum atomic E-state index is -4.23. The van der Waals surface area contributed by atoms with Crippen LogP contribution in [0.25, 0.3) is 11.0 Å². The van der Waals surface area contributed by atoms with Crippen LogP contribution in [0.3, 0.4) is 0 Å². The van der Waals surface area contributed by atoms with Crippen molar-refractivity contribution in [2.45, 2.75) is 31.5 Å². The van der Waals surface area contributed by atoms with Gasteiger partial charge in [-0.3, -0.25) is 0 Å². The van der Waals surface area contributed by atoms with Gasteiger partial charge in [0.05, 0.1) is 11.0 Å². The van der Waals surface area contributed by atoms with Gasteiger partial charge >= 0.3 is 6.18 Å². The Labute approximate surface area is 114 Å². The lowest BCUT2D eigenvalue weighted by Crippen LogP contribution is -2.29. The van der Waals surface area contributed by atoms with E-state index in [1.807, 2.05) is 0 Å². The standard InChI is InChI=1S/C14H16F3N3/c15-14(16,17)9-20-12-4-2-1-3-11(12)19-13(20)10-5-7-18-8-6-10/h1-4,10,18H,5-9H2. The normalized spacial score (nSPS) is 17.8. The van der Waals surface area contributed by atoms with Crippen LogP contribution in [0.4, 0.5) is 13.2 Å². The van der Waals surface area contributed by atoms with Crippen molar-refractivity contribution in [1.82, 2.24) is 14.9 Å². The number of aromatic nitrogens is 2. The first-order chi connectivity index (χ1) is 9.54. The number of nitrogens with zero attached hydrogens (tertiary/aromatic N) is 2. The smallest absolute Gasteiger partial charge is 0.319 e. The van der Waals surface area contributed by atoms with Gasteiger partial charge in [-0.15, -0.1) is 0 Å². The second kappa shape index (κ2) is 5.09. The average molecular weight is 283 g/mol. The Morgan fingerprint density at radius 2 is 1.90 bits per heavy atom. The zero-order chi connectivity index (χ0) is 14.2. The largest absolute Gasteiger partial charge is 0.406 e. The summed E-state index contributed by atoms with van der Waals surface area (Å²) in [4.78, 5) is 4.46. The molecule has 0 atom stereocenters. The minimum Gasteiger partial charge on any atom is -0.319 e. The third-order valence-electron chi connectivity index (χ3n) is 3.73. The first kappa shape index (κ1) is 13.4. The molecule has 1 fully saturated rings. The zero-order valence-electron chi connectivity index (χ0n) is 11.0. The highest BCUT2D eigenvalue weighted by atomic mass is 19.4. The number of alkyl halides is 3. The summed E-state index contributed by atoms with van der Waals surface area (Å²) in [7, 11) is 0. The van der Waals surface area contributed by atoms with Gasteiger partial charge in [0.1, 0.15) is 12.4 Å². The second-order valence-electron chi connectivity index (χ2n) is 5.18. The Kier molecular flexibility index (Phi) is 3.41. The fraction of sp³-hybridized carbons (Fsp3) is 0.500. The molecule has 3 nitrogen and oxygen atoms in total. The van der Waals surface area contributed by atoms with Crippen LogP contribution < -0.4 is 5.32 Å². The van der Waals surface area contributed by atoms with Crippen LogP contribution in [0.2, 0.25) is 0 Å². The topological polar surface area (TPSA) is 29.9 Å². The average Bonchev–Trinajstić information content (AvgIpc) is 2.77. The highest BCUT2D eigenvalue weighted by Gasteiger charge is 2.32. The molecule has 1 aromatic carbocycles. The number of halogens is 3. The van der Waals surface area contributed by atoms with E-state index in [-0.39, 0.29) is 5.92 Å². The van der Waals surface area contributed by atoms with E-state index in [2.05, 4.69) is 10.3 Å². The van der Waals surface area contributed by atoms with Gasteiger partial charge in [0.25, 0.3) is 0 Å². The van der Waals surface area contributed by atoms with E-state index in [0.29, 0.717) is 16.9 Å². The number of benzene rings is 1. The lowest BCUT2D eigenvalue weighted by atomic mass is 9.97. The van der Waals surface area contributed by atoms with Gasteiger partial charge in [-0.1, -0.05) is 12.1 Å². The highest BCUT2D eigenvalue weighted by Crippen LogP contribution is 2.30. The number of nitrogens with one attached hydrogen (secondary N) is 1. The fourth-order valence-electron chi connectivity index (χ4n) is 2.83. The van der Waals surface area contributed by atoms with E-state index >= 15 is 0 Å². The van der Waals surface area contributed by atoms with Gasteiger partial charge in [0, 0.05) is 5.92 Å². The number of rotatable bonds is 2. The van der Waals surface area contributed by atoms with E-state index in [1.54, 1.807) is 24.3 Å². The Morgan fingerprint density at radius 3 is 2.60 bits per heavy atom. The van der Waals surface area contributed by atoms with Gasteiger partial charge in [0.15, 0.2) is 0 Å². The van der Waals surface area contributed by atoms with Crippen molar-refractivity contribution < 1.29 is 13.2 Å². The monoisotopic (exact) mass is 283 g/mol. The van der Waals surface area contributed by atoms with Gasteiger partial charge in [-0.05, 0) is 38.1 Å². The molecule has 1 aliphatic heterocycles. The van der Waals surface area contributed by atoms with Crippen LogP contribution in [0.1, 0.15) is 24.6 Å². The molecule has 0 radical (unpaired) electrons. The molecule has 1 aromatic heterocycles. The lowest BCUT2D eigenvalue weighted by Gasteiger charge is -2.23. The number of para-hydroxylation sites is 2. The Hall–Kier alpha value is -1.56. The number of fused-ring (bicyclic) bond motifs is 1. The SMILES string of the molecule is FC(F)(F)Cn1c(C2CCNCC2)nc2ccccc21. The van der Waals surface area contributed by atoms with Crippen LogP contribution in [0.15, 0.2) is 24.3 Å². The van der Waals surface area contributed by atoms with E-state index in [4.69, 9.17) is 0 Å². The fourth-order valence-corrected chi connectivity index (χ4v) is 2.83. The van der Waals surface area contributed by atoms with Crippen molar-refractivity contribution in [3.05, 3.63) is 30.1 Å². The molecule has 0 saturated carbocycles. The van der Waals surface area contributed by atoms with Crippen LogP contribution in [-0.4, -0.2) is 28.8 Å². The minimum absolute atomic E-state index is 0.103. The summed E-state index contributed by atoms with van der Waals surface area (Å²) in [5.74, 6) is 0.677. The molecule has 2 heterocycles. The number of piperidine rings is 1. The molecule has 3 rings (SSSR count). The predicted molar refractivity (Wildman–Crippen MR) is 70.6 cm³/mol. The third-order valence-corrected chi connectivity index (χ3v) is 3.73. The van der Waals surface area contributed by atoms with Crippen LogP contribution in [0, 0.1) is 0 Å². The molecule has 0 aliphatic carbocycles. The predicted octanol–water partition coefficient (Wildman–Crippen LogP) is 3.07. The zero-order valence-corrected chi connectivity index (χ0v) is 11.0. The van der Waals surface area contributed by atoms with Crippen molar-refractivity contribution in [3.8, 4) is 0 Å². The number of hydrogen-bond acceptors (Lipinski definition) is 2. The molecule has 6 heteroatoms. The van der Waals surface area contributed by atoms with Crippen molar-refractivity contribution in [3.63, 3.8) is 0 Å². The molecule has 108 valence electrons. The molecular formula is C14H16F3N3. The summed E-state index contributed by atoms with van der Waals surface area (Å²) in [5, 5.41) is 3.23. The lowest BCUT2D eigenvalue weighted by molar-refractivity contribution is -0.140. The molecule has 20 heavy (non-hydrogen) atoms. The van der Waals surface area contributed by atoms with Crippen molar-refractivity contribution in [1.29, 1.82) is 0 Å². The Morgan fingerprint density at radius 1 is 1.20 bits per heavy atom. The van der Waals surface area contributed by atoms with Crippen molar-refractivity contribution >= 4 is 11.0 Å².